The van der Waals surface area contributed by atoms with Crippen LogP contribution in [-0.2, 0) is 4.79 Å². The van der Waals surface area contributed by atoms with E-state index in [4.69, 9.17) is 4.74 Å². The van der Waals surface area contributed by atoms with Crippen LogP contribution in [0.2, 0.25) is 0 Å². The van der Waals surface area contributed by atoms with E-state index in [9.17, 15) is 14.7 Å². The number of amides is 1. The molecule has 1 fully saturated rings. The maximum Gasteiger partial charge on any atom is 0.308 e. The number of ether oxygens (including phenoxy) is 1. The lowest BCUT2D eigenvalue weighted by Crippen LogP contribution is -2.45. The van der Waals surface area contributed by atoms with Gasteiger partial charge in [-0.2, -0.15) is 0 Å². The zero-order valence-electron chi connectivity index (χ0n) is 13.0. The zero-order chi connectivity index (χ0) is 16.4. The normalized spacial score (nSPS) is 21.1. The number of fused-ring (bicyclic) bond motifs is 1. The van der Waals surface area contributed by atoms with E-state index in [1.165, 1.54) is 0 Å². The molecule has 0 radical (unpaired) electrons. The highest BCUT2D eigenvalue weighted by Crippen LogP contribution is 2.27. The van der Waals surface area contributed by atoms with Gasteiger partial charge in [0, 0.05) is 16.9 Å². The number of methoxy groups -OCH3 is 1. The summed E-state index contributed by atoms with van der Waals surface area (Å²) in [4.78, 5) is 26.9. The van der Waals surface area contributed by atoms with Crippen LogP contribution in [0.25, 0.3) is 10.9 Å². The molecule has 1 aromatic carbocycles. The number of aliphatic carboxylic acids is 1. The molecule has 0 saturated heterocycles. The van der Waals surface area contributed by atoms with E-state index in [1.807, 2.05) is 18.2 Å². The first-order valence-electron chi connectivity index (χ1n) is 7.79. The van der Waals surface area contributed by atoms with Crippen LogP contribution in [0.3, 0.4) is 0 Å². The van der Waals surface area contributed by atoms with E-state index in [-0.39, 0.29) is 11.9 Å². The molecule has 0 aliphatic heterocycles. The molecule has 6 nitrogen and oxygen atoms in total. The molecular formula is C17H20N2O4. The summed E-state index contributed by atoms with van der Waals surface area (Å²) in [6.45, 7) is 0. The lowest BCUT2D eigenvalue weighted by atomic mass is 9.84. The number of rotatable bonds is 4. The van der Waals surface area contributed by atoms with Gasteiger partial charge in [-0.05, 0) is 31.0 Å². The van der Waals surface area contributed by atoms with Gasteiger partial charge in [-0.15, -0.1) is 0 Å². The Morgan fingerprint density at radius 2 is 2.09 bits per heavy atom. The average Bonchev–Trinajstić information content (AvgIpc) is 2.99. The maximum atomic E-state index is 12.5. The zero-order valence-corrected chi connectivity index (χ0v) is 13.0. The van der Waals surface area contributed by atoms with Gasteiger partial charge in [-0.3, -0.25) is 9.59 Å². The lowest BCUT2D eigenvalue weighted by Gasteiger charge is -2.29. The third-order valence-corrected chi connectivity index (χ3v) is 4.49. The Morgan fingerprint density at radius 3 is 2.83 bits per heavy atom. The van der Waals surface area contributed by atoms with Gasteiger partial charge in [0.25, 0.3) is 5.91 Å². The molecule has 6 heteroatoms. The Morgan fingerprint density at radius 1 is 1.30 bits per heavy atom. The van der Waals surface area contributed by atoms with Crippen LogP contribution in [0.4, 0.5) is 0 Å². The Balaban J connectivity index is 1.81. The topological polar surface area (TPSA) is 91.4 Å². The van der Waals surface area contributed by atoms with Crippen molar-refractivity contribution in [2.75, 3.05) is 7.11 Å². The molecule has 3 rings (SSSR count). The Hall–Kier alpha value is -2.50. The van der Waals surface area contributed by atoms with Gasteiger partial charge < -0.3 is 20.1 Å². The standard InChI is InChI=1S/C17H20N2O4/c1-23-15-8-4-7-13-11(15)9-14(18-13)16(20)19-12-6-3-2-5-10(12)17(21)22/h4,7-10,12,18H,2-3,5-6H2,1H3,(H,19,20)(H,21,22). The van der Waals surface area contributed by atoms with E-state index in [1.54, 1.807) is 13.2 Å². The molecule has 2 aromatic rings. The fourth-order valence-corrected chi connectivity index (χ4v) is 3.27. The summed E-state index contributed by atoms with van der Waals surface area (Å²) in [6, 6.07) is 6.97. The smallest absolute Gasteiger partial charge is 0.308 e. The molecule has 1 aliphatic carbocycles. The van der Waals surface area contributed by atoms with Crippen molar-refractivity contribution in [2.24, 2.45) is 5.92 Å². The van der Waals surface area contributed by atoms with E-state index < -0.39 is 11.9 Å². The molecule has 23 heavy (non-hydrogen) atoms. The van der Waals surface area contributed by atoms with E-state index >= 15 is 0 Å². The average molecular weight is 316 g/mol. The minimum Gasteiger partial charge on any atom is -0.496 e. The van der Waals surface area contributed by atoms with Gasteiger partial charge in [-0.1, -0.05) is 18.9 Å². The summed E-state index contributed by atoms with van der Waals surface area (Å²) < 4.78 is 5.29. The monoisotopic (exact) mass is 316 g/mol. The maximum absolute atomic E-state index is 12.5. The number of hydrogen-bond donors (Lipinski definition) is 3. The van der Waals surface area contributed by atoms with Crippen LogP contribution in [0.5, 0.6) is 5.75 Å². The predicted molar refractivity (Wildman–Crippen MR) is 85.7 cm³/mol. The molecule has 3 N–H and O–H groups in total. The van der Waals surface area contributed by atoms with Crippen LogP contribution in [0.1, 0.15) is 36.2 Å². The molecule has 1 heterocycles. The highest BCUT2D eigenvalue weighted by molar-refractivity contribution is 6.00. The Kier molecular flexibility index (Phi) is 4.23. The molecule has 1 saturated carbocycles. The van der Waals surface area contributed by atoms with Gasteiger partial charge >= 0.3 is 5.97 Å². The first-order chi connectivity index (χ1) is 11.1. The SMILES string of the molecule is COc1cccc2[nH]c(C(=O)NC3CCCCC3C(=O)O)cc12. The number of carboxylic acid groups (broad SMARTS) is 1. The minimum absolute atomic E-state index is 0.276. The summed E-state index contributed by atoms with van der Waals surface area (Å²) in [6.07, 6.45) is 3.15. The van der Waals surface area contributed by atoms with Crippen LogP contribution in [0.15, 0.2) is 24.3 Å². The van der Waals surface area contributed by atoms with E-state index in [0.29, 0.717) is 24.3 Å². The largest absolute Gasteiger partial charge is 0.496 e. The van der Waals surface area contributed by atoms with Crippen molar-refractivity contribution in [1.82, 2.24) is 10.3 Å². The number of H-pyrrole nitrogens is 1. The van der Waals surface area contributed by atoms with Crippen molar-refractivity contribution in [3.63, 3.8) is 0 Å². The van der Waals surface area contributed by atoms with Crippen molar-refractivity contribution in [3.8, 4) is 5.75 Å². The predicted octanol–water partition coefficient (Wildman–Crippen LogP) is 2.55. The van der Waals surface area contributed by atoms with Crippen LogP contribution in [-0.4, -0.2) is 35.1 Å². The van der Waals surface area contributed by atoms with Crippen molar-refractivity contribution < 1.29 is 19.4 Å². The van der Waals surface area contributed by atoms with Gasteiger partial charge in [0.05, 0.1) is 13.0 Å². The van der Waals surface area contributed by atoms with Crippen molar-refractivity contribution in [2.45, 2.75) is 31.7 Å². The molecule has 0 spiro atoms. The number of aromatic nitrogens is 1. The summed E-state index contributed by atoms with van der Waals surface area (Å²) in [7, 11) is 1.58. The molecule has 1 aliphatic rings. The van der Waals surface area contributed by atoms with Crippen LogP contribution in [0, 0.1) is 5.92 Å². The number of aromatic amines is 1. The lowest BCUT2D eigenvalue weighted by molar-refractivity contribution is -0.143. The van der Waals surface area contributed by atoms with Crippen molar-refractivity contribution in [3.05, 3.63) is 30.0 Å². The minimum atomic E-state index is -0.840. The van der Waals surface area contributed by atoms with Crippen molar-refractivity contribution in [1.29, 1.82) is 0 Å². The molecular weight excluding hydrogens is 296 g/mol. The van der Waals surface area contributed by atoms with Gasteiger partial charge in [-0.25, -0.2) is 0 Å². The van der Waals surface area contributed by atoms with Crippen LogP contribution < -0.4 is 10.1 Å². The second-order valence-electron chi connectivity index (χ2n) is 5.91. The number of hydrogen-bond acceptors (Lipinski definition) is 3. The van der Waals surface area contributed by atoms with E-state index in [2.05, 4.69) is 10.3 Å². The number of benzene rings is 1. The molecule has 2 atom stereocenters. The quantitative estimate of drug-likeness (QED) is 0.808. The molecule has 0 bridgehead atoms. The van der Waals surface area contributed by atoms with Gasteiger partial charge in [0.1, 0.15) is 11.4 Å². The molecule has 2 unspecified atom stereocenters. The second kappa shape index (κ2) is 6.32. The molecule has 1 amide bonds. The summed E-state index contributed by atoms with van der Waals surface area (Å²) in [5.74, 6) is -0.930. The highest BCUT2D eigenvalue weighted by Gasteiger charge is 2.32. The van der Waals surface area contributed by atoms with Crippen LogP contribution >= 0.6 is 0 Å². The summed E-state index contributed by atoms with van der Waals surface area (Å²) >= 11 is 0. The third-order valence-electron chi connectivity index (χ3n) is 4.49. The third kappa shape index (κ3) is 3.02. The fourth-order valence-electron chi connectivity index (χ4n) is 3.27. The highest BCUT2D eigenvalue weighted by atomic mass is 16.5. The Bertz CT molecular complexity index is 737. The van der Waals surface area contributed by atoms with Gasteiger partial charge in [0.2, 0.25) is 0 Å². The van der Waals surface area contributed by atoms with Gasteiger partial charge in [0.15, 0.2) is 0 Å². The molecule has 122 valence electrons. The summed E-state index contributed by atoms with van der Waals surface area (Å²) in [5, 5.41) is 13.0. The fraction of sp³-hybridized carbons (Fsp3) is 0.412. The number of nitrogens with one attached hydrogen (secondary N) is 2. The second-order valence-corrected chi connectivity index (χ2v) is 5.91. The Labute approximate surface area is 133 Å². The number of carboxylic acids is 1. The van der Waals surface area contributed by atoms with E-state index in [0.717, 1.165) is 23.7 Å². The number of carbonyl (C=O) groups excluding carboxylic acids is 1. The molecule has 1 aromatic heterocycles. The first kappa shape index (κ1) is 15.4. The van der Waals surface area contributed by atoms with Crippen molar-refractivity contribution >= 4 is 22.8 Å². The number of carbonyl (C=O) groups is 2. The summed E-state index contributed by atoms with van der Waals surface area (Å²) in [5.41, 5.74) is 1.23. The first-order valence-corrected chi connectivity index (χ1v) is 7.79.